The molecule has 3 N–H and O–H groups in total. The molecule has 16 nitrogen and oxygen atoms in total. The quantitative estimate of drug-likeness (QED) is 0.0284. The minimum atomic E-state index is -0.850. The van der Waals surface area contributed by atoms with Crippen molar-refractivity contribution in [1.82, 2.24) is 10.3 Å². The van der Waals surface area contributed by atoms with Crippen molar-refractivity contribution in [2.45, 2.75) is 233 Å². The second-order valence-electron chi connectivity index (χ2n) is 31.9. The number of aliphatic imine (C=N–C) groups is 1. The number of hydrogen-bond acceptors (Lipinski definition) is 14. The van der Waals surface area contributed by atoms with Crippen LogP contribution in [-0.2, 0) is 52.3 Å². The van der Waals surface area contributed by atoms with E-state index in [2.05, 4.69) is 105 Å². The van der Waals surface area contributed by atoms with E-state index in [9.17, 15) is 14.4 Å². The molecule has 1 aromatic heterocycles. The molecule has 5 unspecified atom stereocenters. The van der Waals surface area contributed by atoms with E-state index in [4.69, 9.17) is 38.2 Å². The predicted octanol–water partition coefficient (Wildman–Crippen LogP) is 15.8. The van der Waals surface area contributed by atoms with E-state index in [-0.39, 0.29) is 104 Å². The van der Waals surface area contributed by atoms with Crippen LogP contribution in [-0.4, -0.2) is 124 Å². The summed E-state index contributed by atoms with van der Waals surface area (Å²) in [5.74, 6) is -1.46. The molecule has 0 saturated heterocycles. The van der Waals surface area contributed by atoms with Gasteiger partial charge in [-0.05, 0) is 141 Å². The van der Waals surface area contributed by atoms with E-state index in [1.807, 2.05) is 54.5 Å². The number of ether oxygens (including phenoxy) is 7. The predicted molar refractivity (Wildman–Crippen MR) is 365 cm³/mol. The van der Waals surface area contributed by atoms with E-state index in [1.54, 1.807) is 28.1 Å². The Morgan fingerprint density at radius 3 is 1.47 bits per heavy atom. The molecule has 3 aliphatic rings. The zero-order valence-electron chi connectivity index (χ0n) is 60.1. The van der Waals surface area contributed by atoms with Crippen LogP contribution in [0.5, 0.6) is 0 Å². The van der Waals surface area contributed by atoms with Crippen LogP contribution in [0.15, 0.2) is 34.0 Å². The van der Waals surface area contributed by atoms with Gasteiger partial charge in [-0.15, -0.1) is 11.8 Å². The lowest BCUT2D eigenvalue weighted by atomic mass is 9.58. The normalized spacial score (nSPS) is 22.9. The highest BCUT2D eigenvalue weighted by Gasteiger charge is 2.51. The van der Waals surface area contributed by atoms with Gasteiger partial charge in [-0.2, -0.15) is 0 Å². The topological polar surface area (TPSA) is 202 Å². The maximum atomic E-state index is 15.8. The third-order valence-electron chi connectivity index (χ3n) is 18.4. The molecule has 0 aromatic carbocycles. The molecular weight excluding hydrogens is 1160 g/mol. The average molecular weight is 1280 g/mol. The molecule has 2 amide bonds. The van der Waals surface area contributed by atoms with Gasteiger partial charge in [-0.25, -0.2) is 19.4 Å². The summed E-state index contributed by atoms with van der Waals surface area (Å²) in [5, 5.41) is 5.56. The molecule has 0 spiro atoms. The molecule has 5 atom stereocenters. The lowest BCUT2D eigenvalue weighted by molar-refractivity contribution is -0.165. The van der Waals surface area contributed by atoms with Crippen LogP contribution in [0.1, 0.15) is 237 Å². The van der Waals surface area contributed by atoms with Gasteiger partial charge in [-0.3, -0.25) is 9.59 Å². The van der Waals surface area contributed by atoms with Crippen molar-refractivity contribution < 1.29 is 57.1 Å². The molecule has 1 aromatic rings. The summed E-state index contributed by atoms with van der Waals surface area (Å²) < 4.78 is 41.8. The van der Waals surface area contributed by atoms with E-state index < -0.39 is 40.8 Å². The monoisotopic (exact) mass is 1280 g/mol. The largest absolute Gasteiger partial charge is 0.461 e. The van der Waals surface area contributed by atoms with Gasteiger partial charge < -0.3 is 48.8 Å². The Bertz CT molecular complexity index is 2600. The van der Waals surface area contributed by atoms with Gasteiger partial charge in [0.25, 0.3) is 0 Å². The fraction of sp³-hybridized carbons (Fsp3) is 0.781. The molecule has 512 valence electrons. The van der Waals surface area contributed by atoms with Gasteiger partial charge in [0.1, 0.15) is 41.6 Å². The number of hydrogen-bond donors (Lipinski definition) is 3. The molecular formula is C73H122N4O12S. The third kappa shape index (κ3) is 22.7. The summed E-state index contributed by atoms with van der Waals surface area (Å²) in [6.07, 6.45) is 10.1. The Hall–Kier alpha value is -4.29. The van der Waals surface area contributed by atoms with Crippen molar-refractivity contribution >= 4 is 59.2 Å². The zero-order valence-corrected chi connectivity index (χ0v) is 60.9. The Kier molecular flexibility index (Phi) is 29.7. The van der Waals surface area contributed by atoms with Gasteiger partial charge in [0.15, 0.2) is 0 Å². The Morgan fingerprint density at radius 1 is 0.622 bits per heavy atom. The summed E-state index contributed by atoms with van der Waals surface area (Å²) in [4.78, 5) is 81.0. The Labute approximate surface area is 547 Å². The maximum absolute atomic E-state index is 15.8. The molecule has 4 rings (SSSR count). The average Bonchev–Trinajstić information content (AvgIpc) is 1.35. The van der Waals surface area contributed by atoms with Crippen LogP contribution < -0.4 is 10.6 Å². The number of esters is 3. The lowest BCUT2D eigenvalue weighted by Crippen LogP contribution is -2.50. The van der Waals surface area contributed by atoms with Gasteiger partial charge in [0.05, 0.1) is 10.9 Å². The van der Waals surface area contributed by atoms with E-state index >= 15 is 9.59 Å². The molecule has 2 heterocycles. The van der Waals surface area contributed by atoms with E-state index in [0.29, 0.717) is 79.8 Å². The lowest BCUT2D eigenvalue weighted by Gasteiger charge is -2.51. The van der Waals surface area contributed by atoms with Crippen molar-refractivity contribution in [2.75, 3.05) is 71.5 Å². The van der Waals surface area contributed by atoms with Crippen LogP contribution in [0.3, 0.4) is 0 Å². The number of carbonyl (C=O) groups is 5. The second-order valence-corrected chi connectivity index (χ2v) is 33.4. The molecule has 2 aliphatic carbocycles. The number of nitrogens with zero attached hydrogens (tertiary/aromatic N) is 1. The number of thioether (sulfide) groups is 1. The van der Waals surface area contributed by atoms with Crippen LogP contribution in [0.25, 0.3) is 6.08 Å². The van der Waals surface area contributed by atoms with Crippen molar-refractivity contribution in [3.8, 4) is 0 Å². The van der Waals surface area contributed by atoms with Gasteiger partial charge in [0, 0.05) is 100.0 Å². The van der Waals surface area contributed by atoms with Gasteiger partial charge in [-0.1, -0.05) is 138 Å². The number of aromatic nitrogens is 1. The third-order valence-corrected chi connectivity index (χ3v) is 19.6. The SMILES string of the molecule is C=C(C)C(=O)OCCSC(C)C(=O)Nc1[nH]c(C=C2N=C(NC(=O)C(C)(C)C)C(C(=O)OC3C(C(C)(C)C)CC(CCCOCCCOC)CC3C(C)(C)C)=C2C(C)C)c(C(C)C)c1C(=O)OC1C(C(C)(C)C)CC(CCCOCCCOC)CC1C(C)(C)C. The van der Waals surface area contributed by atoms with Gasteiger partial charge >= 0.3 is 17.9 Å². The molecule has 0 radical (unpaired) electrons. The smallest absolute Gasteiger partial charge is 0.342 e. The highest BCUT2D eigenvalue weighted by atomic mass is 32.2. The van der Waals surface area contributed by atoms with Gasteiger partial charge in [0.2, 0.25) is 11.8 Å². The first-order chi connectivity index (χ1) is 41.7. The molecule has 90 heavy (non-hydrogen) atoms. The van der Waals surface area contributed by atoms with E-state index in [1.165, 1.54) is 11.8 Å². The minimum absolute atomic E-state index is 0.00364. The number of methoxy groups -OCH3 is 2. The summed E-state index contributed by atoms with van der Waals surface area (Å²) in [7, 11) is 3.41. The number of amides is 2. The maximum Gasteiger partial charge on any atom is 0.342 e. The van der Waals surface area contributed by atoms with Crippen molar-refractivity contribution in [2.24, 2.45) is 73.5 Å². The summed E-state index contributed by atoms with van der Waals surface area (Å²) in [6.45, 7) is 51.4. The molecule has 1 aliphatic heterocycles. The fourth-order valence-electron chi connectivity index (χ4n) is 13.3. The Balaban J connectivity index is 1.93. The number of H-pyrrole nitrogens is 1. The second kappa shape index (κ2) is 34.2. The summed E-state index contributed by atoms with van der Waals surface area (Å²) in [5.41, 5.74) is 0.985. The number of aromatic amines is 1. The highest BCUT2D eigenvalue weighted by molar-refractivity contribution is 8.00. The van der Waals surface area contributed by atoms with Crippen molar-refractivity contribution in [3.63, 3.8) is 0 Å². The van der Waals surface area contributed by atoms with Crippen LogP contribution in [0, 0.1) is 68.5 Å². The number of carbonyl (C=O) groups excluding carboxylic acids is 5. The number of allylic oxidation sites excluding steroid dienone is 1. The minimum Gasteiger partial charge on any atom is -0.461 e. The molecule has 2 saturated carbocycles. The van der Waals surface area contributed by atoms with Crippen LogP contribution in [0.4, 0.5) is 5.82 Å². The van der Waals surface area contributed by atoms with Crippen molar-refractivity contribution in [3.05, 3.63) is 45.8 Å². The first-order valence-corrected chi connectivity index (χ1v) is 34.7. The zero-order chi connectivity index (χ0) is 67.9. The summed E-state index contributed by atoms with van der Waals surface area (Å²) in [6, 6.07) is 0. The van der Waals surface area contributed by atoms with Crippen LogP contribution in [0.2, 0.25) is 0 Å². The Morgan fingerprint density at radius 2 is 1.07 bits per heavy atom. The molecule has 0 bridgehead atoms. The standard InChI is InChI=1S/C73H122N4O12S/c1-44(2)56-54(43-55-57(45(3)4)59(63(75-55)77-68(82)73(20,21)22)67(81)89-61-52(71(14,15)16)41-49(42-53(61)72(17,18)19)30-26-34-86-36-28-32-84-24)74-62(76-64(78)47(7)90-38-37-87-65(79)46(5)6)58(56)66(80)88-60-50(69(8,9)10)39-48(40-51(60)70(11,12)13)29-25-33-85-35-27-31-83-23/h43-45,47-53,60-61,74H,5,25-42H2,1-4,6-24H3,(H,76,78)(H,75,77,82). The summed E-state index contributed by atoms with van der Waals surface area (Å²) >= 11 is 1.31. The molecule has 2 fully saturated rings. The first-order valence-electron chi connectivity index (χ1n) is 33.7. The number of amidine groups is 1. The number of rotatable bonds is 30. The van der Waals surface area contributed by atoms with E-state index in [0.717, 1.165) is 64.2 Å². The number of nitrogens with one attached hydrogen (secondary N) is 3. The van der Waals surface area contributed by atoms with Crippen LogP contribution >= 0.6 is 11.8 Å². The highest BCUT2D eigenvalue weighted by Crippen LogP contribution is 2.53. The molecule has 17 heteroatoms. The van der Waals surface area contributed by atoms with Crippen molar-refractivity contribution in [1.29, 1.82) is 0 Å². The number of anilines is 1. The fourth-order valence-corrected chi connectivity index (χ4v) is 14.0. The first kappa shape index (κ1) is 78.2.